The molecule has 0 aliphatic rings. The zero-order chi connectivity index (χ0) is 10.8. The fraction of sp³-hybridized carbons (Fsp3) is 0.455. The van der Waals surface area contributed by atoms with E-state index in [1.807, 2.05) is 12.1 Å². The maximum absolute atomic E-state index is 5.88. The van der Waals surface area contributed by atoms with Crippen LogP contribution in [0.15, 0.2) is 18.2 Å². The van der Waals surface area contributed by atoms with E-state index >= 15 is 0 Å². The number of benzene rings is 1. The quantitative estimate of drug-likeness (QED) is 0.650. The third-order valence-electron chi connectivity index (χ3n) is 1.82. The van der Waals surface area contributed by atoms with E-state index in [1.165, 1.54) is 3.57 Å². The summed E-state index contributed by atoms with van der Waals surface area (Å²) in [7, 11) is 0. The smallest absolute Gasteiger partial charge is 0.0574 e. The lowest BCUT2D eigenvalue weighted by atomic mass is 9.97. The molecule has 0 aliphatic heterocycles. The van der Waals surface area contributed by atoms with E-state index in [-0.39, 0.29) is 5.41 Å². The van der Waals surface area contributed by atoms with Crippen LogP contribution in [0.4, 0.5) is 11.4 Å². The van der Waals surface area contributed by atoms with Gasteiger partial charge >= 0.3 is 0 Å². The highest BCUT2D eigenvalue weighted by Gasteiger charge is 2.10. The lowest BCUT2D eigenvalue weighted by Crippen LogP contribution is -2.19. The van der Waals surface area contributed by atoms with Gasteiger partial charge in [0.2, 0.25) is 0 Å². The van der Waals surface area contributed by atoms with Crippen molar-refractivity contribution in [2.24, 2.45) is 5.41 Å². The zero-order valence-electron chi connectivity index (χ0n) is 8.89. The number of nitrogens with two attached hydrogens (primary N) is 1. The van der Waals surface area contributed by atoms with Crippen molar-refractivity contribution in [2.45, 2.75) is 20.8 Å². The molecule has 0 spiro atoms. The number of nitrogens with one attached hydrogen (secondary N) is 1. The molecule has 3 heteroatoms. The van der Waals surface area contributed by atoms with Crippen LogP contribution in [0, 0.1) is 8.99 Å². The van der Waals surface area contributed by atoms with Crippen molar-refractivity contribution in [3.05, 3.63) is 21.8 Å². The molecule has 0 unspecified atom stereocenters. The second-order valence-corrected chi connectivity index (χ2v) is 5.89. The minimum atomic E-state index is 0.273. The van der Waals surface area contributed by atoms with Gasteiger partial charge in [-0.2, -0.15) is 0 Å². The summed E-state index contributed by atoms with van der Waals surface area (Å²) in [4.78, 5) is 0. The van der Waals surface area contributed by atoms with E-state index < -0.39 is 0 Å². The van der Waals surface area contributed by atoms with E-state index in [9.17, 15) is 0 Å². The van der Waals surface area contributed by atoms with Gasteiger partial charge in [0.05, 0.1) is 11.4 Å². The van der Waals surface area contributed by atoms with E-state index in [2.05, 4.69) is 54.7 Å². The molecule has 0 atom stereocenters. The summed E-state index contributed by atoms with van der Waals surface area (Å²) in [5.74, 6) is 0. The molecule has 0 amide bonds. The second-order valence-electron chi connectivity index (χ2n) is 4.65. The first-order valence-electron chi connectivity index (χ1n) is 4.67. The molecule has 0 bridgehead atoms. The molecule has 0 heterocycles. The summed E-state index contributed by atoms with van der Waals surface area (Å²) in [6.45, 7) is 7.52. The van der Waals surface area contributed by atoms with Crippen molar-refractivity contribution >= 4 is 34.0 Å². The Hall–Kier alpha value is -0.450. The first kappa shape index (κ1) is 11.6. The van der Waals surface area contributed by atoms with Crippen LogP contribution in [0.2, 0.25) is 0 Å². The van der Waals surface area contributed by atoms with E-state index in [4.69, 9.17) is 5.73 Å². The summed E-state index contributed by atoms with van der Waals surface area (Å²) in [5, 5.41) is 3.35. The van der Waals surface area contributed by atoms with Gasteiger partial charge in [0.25, 0.3) is 0 Å². The third kappa shape index (κ3) is 3.74. The molecule has 2 nitrogen and oxygen atoms in total. The molecule has 0 aliphatic carbocycles. The Labute approximate surface area is 99.4 Å². The Morgan fingerprint density at radius 3 is 2.50 bits per heavy atom. The number of anilines is 2. The first-order chi connectivity index (χ1) is 6.38. The van der Waals surface area contributed by atoms with E-state index in [1.54, 1.807) is 0 Å². The van der Waals surface area contributed by atoms with Crippen molar-refractivity contribution < 1.29 is 0 Å². The lowest BCUT2D eigenvalue weighted by Gasteiger charge is -2.20. The SMILES string of the molecule is CC(C)(C)CNc1ccc(I)cc1N. The van der Waals surface area contributed by atoms with Crippen molar-refractivity contribution in [3.8, 4) is 0 Å². The standard InChI is InChI=1S/C11H17IN2/c1-11(2,3)7-14-10-5-4-8(12)6-9(10)13/h4-6,14H,7,13H2,1-3H3. The van der Waals surface area contributed by atoms with Gasteiger partial charge in [-0.05, 0) is 46.2 Å². The van der Waals surface area contributed by atoms with Crippen LogP contribution in [-0.4, -0.2) is 6.54 Å². The highest BCUT2D eigenvalue weighted by Crippen LogP contribution is 2.22. The average Bonchev–Trinajstić information content (AvgIpc) is 2.00. The minimum absolute atomic E-state index is 0.273. The molecule has 78 valence electrons. The Kier molecular flexibility index (Phi) is 3.64. The number of nitrogen functional groups attached to an aromatic ring is 1. The van der Waals surface area contributed by atoms with Crippen LogP contribution >= 0.6 is 22.6 Å². The lowest BCUT2D eigenvalue weighted by molar-refractivity contribution is 0.443. The normalized spacial score (nSPS) is 11.4. The molecular formula is C11H17IN2. The Morgan fingerprint density at radius 1 is 1.36 bits per heavy atom. The van der Waals surface area contributed by atoms with Gasteiger partial charge in [0, 0.05) is 10.1 Å². The topological polar surface area (TPSA) is 38.0 Å². The minimum Gasteiger partial charge on any atom is -0.397 e. The molecule has 0 radical (unpaired) electrons. The molecular weight excluding hydrogens is 287 g/mol. The summed E-state index contributed by atoms with van der Waals surface area (Å²) >= 11 is 2.26. The summed E-state index contributed by atoms with van der Waals surface area (Å²) in [6.07, 6.45) is 0. The van der Waals surface area contributed by atoms with Gasteiger partial charge in [-0.3, -0.25) is 0 Å². The predicted octanol–water partition coefficient (Wildman–Crippen LogP) is 3.33. The number of rotatable bonds is 2. The Morgan fingerprint density at radius 2 is 2.00 bits per heavy atom. The molecule has 0 aromatic heterocycles. The van der Waals surface area contributed by atoms with Gasteiger partial charge in [0.1, 0.15) is 0 Å². The fourth-order valence-corrected chi connectivity index (χ4v) is 1.57. The van der Waals surface area contributed by atoms with Crippen molar-refractivity contribution in [1.82, 2.24) is 0 Å². The molecule has 0 fully saturated rings. The van der Waals surface area contributed by atoms with Gasteiger partial charge in [-0.1, -0.05) is 20.8 Å². The largest absolute Gasteiger partial charge is 0.397 e. The van der Waals surface area contributed by atoms with Gasteiger partial charge in [-0.25, -0.2) is 0 Å². The van der Waals surface area contributed by atoms with Crippen molar-refractivity contribution in [3.63, 3.8) is 0 Å². The van der Waals surface area contributed by atoms with E-state index in [0.717, 1.165) is 17.9 Å². The first-order valence-corrected chi connectivity index (χ1v) is 5.75. The van der Waals surface area contributed by atoms with Gasteiger partial charge in [0.15, 0.2) is 0 Å². The maximum Gasteiger partial charge on any atom is 0.0574 e. The molecule has 3 N–H and O–H groups in total. The van der Waals surface area contributed by atoms with Crippen molar-refractivity contribution in [1.29, 1.82) is 0 Å². The van der Waals surface area contributed by atoms with Gasteiger partial charge in [-0.15, -0.1) is 0 Å². The zero-order valence-corrected chi connectivity index (χ0v) is 11.1. The van der Waals surface area contributed by atoms with Crippen LogP contribution in [0.3, 0.4) is 0 Å². The molecule has 1 rings (SSSR count). The van der Waals surface area contributed by atoms with E-state index in [0.29, 0.717) is 0 Å². The summed E-state index contributed by atoms with van der Waals surface area (Å²) in [6, 6.07) is 6.07. The average molecular weight is 304 g/mol. The molecule has 14 heavy (non-hydrogen) atoms. The van der Waals surface area contributed by atoms with Crippen LogP contribution < -0.4 is 11.1 Å². The van der Waals surface area contributed by atoms with Crippen LogP contribution in [-0.2, 0) is 0 Å². The second kappa shape index (κ2) is 4.38. The highest BCUT2D eigenvalue weighted by molar-refractivity contribution is 14.1. The monoisotopic (exact) mass is 304 g/mol. The fourth-order valence-electron chi connectivity index (χ4n) is 1.05. The molecule has 0 saturated heterocycles. The molecule has 1 aromatic rings. The number of halogens is 1. The molecule has 0 saturated carbocycles. The number of hydrogen-bond acceptors (Lipinski definition) is 2. The maximum atomic E-state index is 5.88. The van der Waals surface area contributed by atoms with Crippen LogP contribution in [0.1, 0.15) is 20.8 Å². The summed E-state index contributed by atoms with van der Waals surface area (Å²) < 4.78 is 1.17. The molecule has 1 aromatic carbocycles. The third-order valence-corrected chi connectivity index (χ3v) is 2.49. The predicted molar refractivity (Wildman–Crippen MR) is 71.5 cm³/mol. The highest BCUT2D eigenvalue weighted by atomic mass is 127. The summed E-state index contributed by atoms with van der Waals surface area (Å²) in [5.41, 5.74) is 8.01. The number of hydrogen-bond donors (Lipinski definition) is 2. The van der Waals surface area contributed by atoms with Gasteiger partial charge < -0.3 is 11.1 Å². The van der Waals surface area contributed by atoms with Crippen LogP contribution in [0.5, 0.6) is 0 Å². The Balaban J connectivity index is 2.68. The Bertz CT molecular complexity index is 316. The van der Waals surface area contributed by atoms with Crippen LogP contribution in [0.25, 0.3) is 0 Å². The van der Waals surface area contributed by atoms with Crippen molar-refractivity contribution in [2.75, 3.05) is 17.6 Å².